The number of nitrogens with one attached hydrogen (secondary N) is 1. The van der Waals surface area contributed by atoms with Crippen molar-refractivity contribution in [3.8, 4) is 0 Å². The van der Waals surface area contributed by atoms with Crippen LogP contribution in [0.3, 0.4) is 0 Å². The Kier molecular flexibility index (Phi) is 2.81. The van der Waals surface area contributed by atoms with Crippen molar-refractivity contribution in [1.82, 2.24) is 10.3 Å². The maximum atomic E-state index is 4.76. The van der Waals surface area contributed by atoms with Gasteiger partial charge in [0.2, 0.25) is 0 Å². The van der Waals surface area contributed by atoms with E-state index in [0.717, 1.165) is 11.4 Å². The summed E-state index contributed by atoms with van der Waals surface area (Å²) in [6, 6.07) is 13.1. The maximum Gasteiger partial charge on any atom is 0.0706 e. The van der Waals surface area contributed by atoms with E-state index >= 15 is 0 Å². The molecule has 1 aromatic carbocycles. The zero-order valence-corrected chi connectivity index (χ0v) is 10.2. The molecule has 17 heavy (non-hydrogen) atoms. The second kappa shape index (κ2) is 4.46. The minimum atomic E-state index is 0.409. The van der Waals surface area contributed by atoms with Gasteiger partial charge in [-0.3, -0.25) is 4.98 Å². The Morgan fingerprint density at radius 3 is 2.82 bits per heavy atom. The highest BCUT2D eigenvalue weighted by Gasteiger charge is 2.26. The third-order valence-electron chi connectivity index (χ3n) is 3.59. The quantitative estimate of drug-likeness (QED) is 0.865. The first-order valence-corrected chi connectivity index (χ1v) is 6.40. The summed E-state index contributed by atoms with van der Waals surface area (Å²) in [4.78, 5) is 4.76. The van der Waals surface area contributed by atoms with Crippen molar-refractivity contribution < 1.29 is 0 Å². The number of nitrogens with zero attached hydrogens (tertiary/aromatic N) is 1. The summed E-state index contributed by atoms with van der Waals surface area (Å²) in [6.45, 7) is 0. The lowest BCUT2D eigenvalue weighted by atomic mass is 10.1. The molecule has 1 fully saturated rings. The monoisotopic (exact) mass is 226 g/mol. The minimum absolute atomic E-state index is 0.409. The molecule has 0 aliphatic heterocycles. The molecule has 1 atom stereocenters. The maximum absolute atomic E-state index is 4.76. The van der Waals surface area contributed by atoms with E-state index in [4.69, 9.17) is 4.98 Å². The fourth-order valence-corrected chi connectivity index (χ4v) is 2.35. The topological polar surface area (TPSA) is 24.9 Å². The summed E-state index contributed by atoms with van der Waals surface area (Å²) in [7, 11) is 2.03. The van der Waals surface area contributed by atoms with Crippen LogP contribution in [0, 0.1) is 5.92 Å². The third-order valence-corrected chi connectivity index (χ3v) is 3.59. The molecular formula is C15H18N2. The first kappa shape index (κ1) is 10.7. The zero-order valence-electron chi connectivity index (χ0n) is 10.2. The van der Waals surface area contributed by atoms with E-state index < -0.39 is 0 Å². The van der Waals surface area contributed by atoms with E-state index in [0.29, 0.717) is 6.04 Å². The average Bonchev–Trinajstić information content (AvgIpc) is 3.19. The van der Waals surface area contributed by atoms with Crippen LogP contribution >= 0.6 is 0 Å². The highest BCUT2D eigenvalue weighted by atomic mass is 14.9. The van der Waals surface area contributed by atoms with Crippen molar-refractivity contribution in [3.63, 3.8) is 0 Å². The molecular weight excluding hydrogens is 208 g/mol. The summed E-state index contributed by atoms with van der Waals surface area (Å²) in [5.41, 5.74) is 2.28. The fraction of sp³-hybridized carbons (Fsp3) is 0.400. The Labute approximate surface area is 102 Å². The standard InChI is InChI=1S/C15H18N2/c1-16-15(10-11-6-7-11)14-9-8-12-4-2-3-5-13(12)17-14/h2-5,8-9,11,15-16H,6-7,10H2,1H3. The van der Waals surface area contributed by atoms with Gasteiger partial charge in [0.1, 0.15) is 0 Å². The fourth-order valence-electron chi connectivity index (χ4n) is 2.35. The zero-order chi connectivity index (χ0) is 11.7. The molecule has 1 aliphatic carbocycles. The van der Waals surface area contributed by atoms with Crippen LogP contribution in [0.15, 0.2) is 36.4 Å². The van der Waals surface area contributed by atoms with Gasteiger partial charge < -0.3 is 5.32 Å². The normalized spacial score (nSPS) is 17.2. The predicted octanol–water partition coefficient (Wildman–Crippen LogP) is 3.30. The lowest BCUT2D eigenvalue weighted by molar-refractivity contribution is 0.504. The average molecular weight is 226 g/mol. The van der Waals surface area contributed by atoms with Crippen LogP contribution in [0.1, 0.15) is 31.0 Å². The molecule has 88 valence electrons. The summed E-state index contributed by atoms with van der Waals surface area (Å²) >= 11 is 0. The molecule has 1 unspecified atom stereocenters. The Balaban J connectivity index is 1.92. The lowest BCUT2D eigenvalue weighted by Gasteiger charge is -2.15. The molecule has 0 bridgehead atoms. The summed E-state index contributed by atoms with van der Waals surface area (Å²) in [6.07, 6.45) is 4.01. The van der Waals surface area contributed by atoms with Crippen LogP contribution in [0.25, 0.3) is 10.9 Å². The van der Waals surface area contributed by atoms with Crippen molar-refractivity contribution in [2.75, 3.05) is 7.05 Å². The summed E-state index contributed by atoms with van der Waals surface area (Å²) in [5, 5.41) is 4.61. The van der Waals surface area contributed by atoms with Gasteiger partial charge in [-0.2, -0.15) is 0 Å². The largest absolute Gasteiger partial charge is 0.312 e. The Morgan fingerprint density at radius 2 is 2.06 bits per heavy atom. The van der Waals surface area contributed by atoms with Gasteiger partial charge in [-0.25, -0.2) is 0 Å². The van der Waals surface area contributed by atoms with Gasteiger partial charge in [-0.05, 0) is 31.5 Å². The SMILES string of the molecule is CNC(CC1CC1)c1ccc2ccccc2n1. The number of fused-ring (bicyclic) bond motifs is 1. The van der Waals surface area contributed by atoms with E-state index in [1.54, 1.807) is 0 Å². The smallest absolute Gasteiger partial charge is 0.0706 e. The van der Waals surface area contributed by atoms with E-state index in [-0.39, 0.29) is 0 Å². The lowest BCUT2D eigenvalue weighted by Crippen LogP contribution is -2.18. The molecule has 0 spiro atoms. The molecule has 1 aliphatic rings. The molecule has 0 saturated heterocycles. The number of para-hydroxylation sites is 1. The molecule has 2 heteroatoms. The number of hydrogen-bond donors (Lipinski definition) is 1. The van der Waals surface area contributed by atoms with Gasteiger partial charge in [0.05, 0.1) is 11.2 Å². The predicted molar refractivity (Wildman–Crippen MR) is 70.9 cm³/mol. The van der Waals surface area contributed by atoms with Gasteiger partial charge in [-0.1, -0.05) is 37.1 Å². The van der Waals surface area contributed by atoms with Gasteiger partial charge in [-0.15, -0.1) is 0 Å². The highest BCUT2D eigenvalue weighted by Crippen LogP contribution is 2.37. The van der Waals surface area contributed by atoms with Gasteiger partial charge in [0.25, 0.3) is 0 Å². The van der Waals surface area contributed by atoms with Gasteiger partial charge >= 0.3 is 0 Å². The molecule has 1 saturated carbocycles. The molecule has 1 aromatic heterocycles. The molecule has 2 nitrogen and oxygen atoms in total. The highest BCUT2D eigenvalue weighted by molar-refractivity contribution is 5.78. The van der Waals surface area contributed by atoms with Crippen molar-refractivity contribution in [2.24, 2.45) is 5.92 Å². The van der Waals surface area contributed by atoms with Gasteiger partial charge in [0.15, 0.2) is 0 Å². The molecule has 2 aromatic rings. The molecule has 1 N–H and O–H groups in total. The number of hydrogen-bond acceptors (Lipinski definition) is 2. The molecule has 1 heterocycles. The molecule has 3 rings (SSSR count). The van der Waals surface area contributed by atoms with Crippen molar-refractivity contribution in [1.29, 1.82) is 0 Å². The van der Waals surface area contributed by atoms with Crippen LogP contribution < -0.4 is 5.32 Å². The first-order chi connectivity index (χ1) is 8.36. The van der Waals surface area contributed by atoms with Crippen molar-refractivity contribution >= 4 is 10.9 Å². The third kappa shape index (κ3) is 2.32. The van der Waals surface area contributed by atoms with Crippen LogP contribution in [-0.4, -0.2) is 12.0 Å². The summed E-state index contributed by atoms with van der Waals surface area (Å²) < 4.78 is 0. The minimum Gasteiger partial charge on any atom is -0.312 e. The Morgan fingerprint density at radius 1 is 1.24 bits per heavy atom. The molecule has 0 radical (unpaired) electrons. The number of benzene rings is 1. The van der Waals surface area contributed by atoms with E-state index in [1.807, 2.05) is 13.1 Å². The molecule has 0 amide bonds. The van der Waals surface area contributed by atoms with Crippen molar-refractivity contribution in [2.45, 2.75) is 25.3 Å². The van der Waals surface area contributed by atoms with Crippen LogP contribution in [-0.2, 0) is 0 Å². The van der Waals surface area contributed by atoms with Crippen molar-refractivity contribution in [3.05, 3.63) is 42.1 Å². The number of aromatic nitrogens is 1. The van der Waals surface area contributed by atoms with Crippen LogP contribution in [0.2, 0.25) is 0 Å². The Bertz CT molecular complexity index is 517. The van der Waals surface area contributed by atoms with Gasteiger partial charge in [0, 0.05) is 11.4 Å². The van der Waals surface area contributed by atoms with E-state index in [9.17, 15) is 0 Å². The number of pyridine rings is 1. The van der Waals surface area contributed by atoms with Crippen LogP contribution in [0.4, 0.5) is 0 Å². The van der Waals surface area contributed by atoms with E-state index in [2.05, 4.69) is 35.6 Å². The second-order valence-electron chi connectivity index (χ2n) is 4.95. The second-order valence-corrected chi connectivity index (χ2v) is 4.95. The first-order valence-electron chi connectivity index (χ1n) is 6.40. The van der Waals surface area contributed by atoms with Crippen LogP contribution in [0.5, 0.6) is 0 Å². The Hall–Kier alpha value is -1.41. The van der Waals surface area contributed by atoms with E-state index in [1.165, 1.54) is 30.3 Å². The number of rotatable bonds is 4. The summed E-state index contributed by atoms with van der Waals surface area (Å²) in [5.74, 6) is 0.917.